The van der Waals surface area contributed by atoms with Crippen LogP contribution < -0.4 is 9.47 Å². The SMILES string of the molecule is CC.CF.COCOc1ccc2cc(I)ccc2c1-c1c(OCOC)ccc2cc(I)ccc12.Oc1ccc2cc(C(F)(F)F)ccc2c1-c1c(O)ccc2cc(C(F)(F)F)ccc12.[2H]CPC. The molecule has 0 fully saturated rings. The molecule has 8 aromatic rings. The lowest BCUT2D eigenvalue weighted by Gasteiger charge is -2.19. The zero-order chi connectivity index (χ0) is 50.3. The molecule has 2 N–H and O–H groups in total. The number of alkyl halides is 7. The largest absolute Gasteiger partial charge is 0.507 e. The van der Waals surface area contributed by atoms with E-state index in [4.69, 9.17) is 20.3 Å². The van der Waals surface area contributed by atoms with Crippen LogP contribution in [0, 0.1) is 7.14 Å². The van der Waals surface area contributed by atoms with Crippen LogP contribution in [-0.2, 0) is 21.8 Å². The Hall–Kier alpha value is -4.68. The topological polar surface area (TPSA) is 77.4 Å². The summed E-state index contributed by atoms with van der Waals surface area (Å²) in [4.78, 5) is 0. The molecule has 0 aromatic heterocycles. The maximum atomic E-state index is 13.0. The first kappa shape index (κ1) is 53.3. The van der Waals surface area contributed by atoms with Crippen LogP contribution in [0.25, 0.3) is 65.3 Å². The third-order valence-corrected chi connectivity index (χ3v) is 11.0. The molecule has 0 aliphatic carbocycles. The zero-order valence-electron chi connectivity index (χ0n) is 38.1. The van der Waals surface area contributed by atoms with E-state index < -0.39 is 23.5 Å². The normalized spacial score (nSPS) is 11.5. The van der Waals surface area contributed by atoms with Crippen molar-refractivity contribution in [1.29, 1.82) is 0 Å². The van der Waals surface area contributed by atoms with Crippen molar-refractivity contribution in [3.8, 4) is 45.3 Å². The first-order valence-corrected chi connectivity index (χ1v) is 24.0. The highest BCUT2D eigenvalue weighted by atomic mass is 127. The summed E-state index contributed by atoms with van der Waals surface area (Å²) in [7, 11) is 4.55. The van der Waals surface area contributed by atoms with Gasteiger partial charge in [0.2, 0.25) is 0 Å². The van der Waals surface area contributed by atoms with Crippen LogP contribution in [-0.4, -0.2) is 58.5 Å². The molecular weight excluding hydrogens is 1130 g/mol. The minimum Gasteiger partial charge on any atom is -0.507 e. The summed E-state index contributed by atoms with van der Waals surface area (Å²) in [5, 5.41) is 26.1. The van der Waals surface area contributed by atoms with Gasteiger partial charge in [0.15, 0.2) is 13.6 Å². The predicted molar refractivity (Wildman–Crippen MR) is 276 cm³/mol. The van der Waals surface area contributed by atoms with Gasteiger partial charge in [0.05, 0.1) is 18.3 Å². The number of phenols is 2. The van der Waals surface area contributed by atoms with Crippen LogP contribution in [0.5, 0.6) is 23.0 Å². The van der Waals surface area contributed by atoms with Crippen molar-refractivity contribution in [3.63, 3.8) is 0 Å². The fourth-order valence-corrected chi connectivity index (χ4v) is 8.11. The number of ether oxygens (including phenoxy) is 4. The molecule has 6 nitrogen and oxygen atoms in total. The fourth-order valence-electron chi connectivity index (χ4n) is 7.08. The maximum absolute atomic E-state index is 13.0. The van der Waals surface area contributed by atoms with Crippen LogP contribution in [0.2, 0.25) is 0 Å². The number of fused-ring (bicyclic) bond motifs is 4. The van der Waals surface area contributed by atoms with Gasteiger partial charge in [0.25, 0.3) is 0 Å². The van der Waals surface area contributed by atoms with Crippen LogP contribution in [0.15, 0.2) is 121 Å². The Morgan fingerprint density at radius 2 is 0.821 bits per heavy atom. The minimum absolute atomic E-state index is 0.0316. The lowest BCUT2D eigenvalue weighted by Crippen LogP contribution is -2.04. The van der Waals surface area contributed by atoms with Crippen LogP contribution in [0.4, 0.5) is 30.7 Å². The molecule has 1 atom stereocenters. The van der Waals surface area contributed by atoms with Gasteiger partial charge < -0.3 is 29.2 Å². The van der Waals surface area contributed by atoms with Crippen molar-refractivity contribution in [3.05, 3.63) is 140 Å². The van der Waals surface area contributed by atoms with Crippen molar-refractivity contribution in [2.45, 2.75) is 26.2 Å². The van der Waals surface area contributed by atoms with Crippen molar-refractivity contribution in [2.75, 3.05) is 48.3 Å². The van der Waals surface area contributed by atoms with Gasteiger partial charge in [-0.05, 0) is 174 Å². The molecule has 8 rings (SSSR count). The summed E-state index contributed by atoms with van der Waals surface area (Å²) >= 11 is 4.67. The molecule has 67 heavy (non-hydrogen) atoms. The Bertz CT molecular complexity index is 2760. The highest BCUT2D eigenvalue weighted by Gasteiger charge is 2.32. The molecule has 0 spiro atoms. The van der Waals surface area contributed by atoms with Gasteiger partial charge in [-0.1, -0.05) is 62.4 Å². The predicted octanol–water partition coefficient (Wildman–Crippen LogP) is 16.5. The van der Waals surface area contributed by atoms with E-state index in [1.165, 1.54) is 31.4 Å². The third kappa shape index (κ3) is 13.3. The maximum Gasteiger partial charge on any atom is 0.416 e. The van der Waals surface area contributed by atoms with E-state index in [1.54, 1.807) is 14.2 Å². The molecular formula is C51H48F7I2O6P. The molecule has 0 heterocycles. The minimum atomic E-state index is -4.57. The van der Waals surface area contributed by atoms with Gasteiger partial charge in [-0.15, -0.1) is 8.58 Å². The van der Waals surface area contributed by atoms with E-state index in [0.717, 1.165) is 89.1 Å². The number of phenolic OH excluding ortho intramolecular Hbond substituents is 2. The summed E-state index contributed by atoms with van der Waals surface area (Å²) in [6, 6.07) is 31.8. The number of rotatable bonds is 8. The van der Waals surface area contributed by atoms with Crippen molar-refractivity contribution in [1.82, 2.24) is 0 Å². The lowest BCUT2D eigenvalue weighted by atomic mass is 9.91. The molecule has 0 amide bonds. The van der Waals surface area contributed by atoms with Crippen molar-refractivity contribution < 1.29 is 61.3 Å². The molecule has 8 aromatic carbocycles. The van der Waals surface area contributed by atoms with Crippen molar-refractivity contribution >= 4 is 96.9 Å². The van der Waals surface area contributed by atoms with Gasteiger partial charge in [-0.3, -0.25) is 4.39 Å². The molecule has 16 heteroatoms. The summed E-state index contributed by atoms with van der Waals surface area (Å²) < 4.78 is 119. The lowest BCUT2D eigenvalue weighted by molar-refractivity contribution is -0.138. The highest BCUT2D eigenvalue weighted by Crippen LogP contribution is 2.48. The molecule has 0 saturated carbocycles. The van der Waals surface area contributed by atoms with E-state index in [2.05, 4.69) is 93.7 Å². The second-order valence-corrected chi connectivity index (χ2v) is 17.0. The molecule has 1 unspecified atom stereocenters. The fraction of sp³-hybridized carbons (Fsp3) is 0.216. The number of benzene rings is 8. The number of aromatic hydroxyl groups is 2. The quantitative estimate of drug-likeness (QED) is 0.0683. The number of hydrogen-bond acceptors (Lipinski definition) is 6. The number of methoxy groups -OCH3 is 2. The van der Waals surface area contributed by atoms with Gasteiger partial charge in [-0.2, -0.15) is 26.3 Å². The second kappa shape index (κ2) is 25.1. The summed E-state index contributed by atoms with van der Waals surface area (Å²) in [6.45, 7) is 6.95. The molecule has 0 saturated heterocycles. The van der Waals surface area contributed by atoms with Crippen LogP contribution in [0.1, 0.15) is 26.3 Å². The van der Waals surface area contributed by atoms with Gasteiger partial charge >= 0.3 is 12.4 Å². The van der Waals surface area contributed by atoms with E-state index in [1.807, 2.05) is 32.6 Å². The van der Waals surface area contributed by atoms with Gasteiger partial charge in [0, 0.05) is 45.0 Å². The monoisotopic (exact) mass is 1180 g/mol. The highest BCUT2D eigenvalue weighted by molar-refractivity contribution is 14.1. The third-order valence-electron chi connectivity index (χ3n) is 9.70. The van der Waals surface area contributed by atoms with Crippen LogP contribution in [0.3, 0.4) is 0 Å². The molecule has 0 radical (unpaired) electrons. The number of hydrogen-bond donors (Lipinski definition) is 2. The molecule has 0 aliphatic rings. The molecule has 0 bridgehead atoms. The van der Waals surface area contributed by atoms with Gasteiger partial charge in [-0.25, -0.2) is 0 Å². The van der Waals surface area contributed by atoms with E-state index in [0.29, 0.717) is 13.8 Å². The smallest absolute Gasteiger partial charge is 0.416 e. The van der Waals surface area contributed by atoms with E-state index >= 15 is 0 Å². The van der Waals surface area contributed by atoms with Crippen molar-refractivity contribution in [2.24, 2.45) is 0 Å². The summed E-state index contributed by atoms with van der Waals surface area (Å²) in [5.74, 6) is 0.840. The Labute approximate surface area is 414 Å². The van der Waals surface area contributed by atoms with Gasteiger partial charge in [0.1, 0.15) is 23.0 Å². The van der Waals surface area contributed by atoms with Crippen LogP contribution >= 0.6 is 53.8 Å². The van der Waals surface area contributed by atoms with E-state index in [9.17, 15) is 40.9 Å². The molecule has 0 aliphatic heterocycles. The second-order valence-electron chi connectivity index (χ2n) is 13.9. The summed E-state index contributed by atoms with van der Waals surface area (Å²) in [5.41, 5.74) is 0.262. The molecule has 356 valence electrons. The van der Waals surface area contributed by atoms with E-state index in [-0.39, 0.29) is 57.8 Å². The first-order chi connectivity index (χ1) is 32.5. The average molecular weight is 1180 g/mol. The Morgan fingerprint density at radius 3 is 1.15 bits per heavy atom. The standard InChI is InChI=1S/C24H20I2O4.C22H12F6O2.C2H7P.C2H6.CH3F/c1-27-13-29-21-9-3-15-11-17(25)5-7-19(15)23(21)24-20-8-6-18(26)12-16(20)4-10-22(24)30-14-28-2;23-21(24,25)13-3-5-15-11(9-13)1-7-17(29)19(15)20-16-6-4-14(22(26,27)28)10-12(16)2-8-18(20)30;1-3-2;2*1-2/h3-12H,13-14H2,1-2H3;1-10,29-30H;3H,1-2H3;1-2H3;1H3/i;;1D;;. The number of halogens is 9. The first-order valence-electron chi connectivity index (χ1n) is 20.9. The Balaban J connectivity index is 0.000000258. The zero-order valence-corrected chi connectivity index (χ0v) is 42.4. The Morgan fingerprint density at radius 1 is 0.507 bits per heavy atom. The Kier molecular flexibility index (Phi) is 19.9. The summed E-state index contributed by atoms with van der Waals surface area (Å²) in [6.07, 6.45) is -9.14. The average Bonchev–Trinajstić information content (AvgIpc) is 3.33.